The first-order valence-electron chi connectivity index (χ1n) is 9.86. The zero-order chi connectivity index (χ0) is 24.7. The first-order chi connectivity index (χ1) is 16.0. The normalized spacial score (nSPS) is 15.4. The van der Waals surface area contributed by atoms with E-state index in [-0.39, 0.29) is 47.3 Å². The second kappa shape index (κ2) is 9.02. The molecule has 2 heterocycles. The number of pyridine rings is 1. The van der Waals surface area contributed by atoms with Crippen molar-refractivity contribution in [1.29, 1.82) is 0 Å². The van der Waals surface area contributed by atoms with Crippen LogP contribution < -0.4 is 5.32 Å². The van der Waals surface area contributed by atoms with Gasteiger partial charge in [0, 0.05) is 29.7 Å². The van der Waals surface area contributed by atoms with E-state index in [9.17, 15) is 31.5 Å². The number of fused-ring (bicyclic) bond motifs is 1. The number of rotatable bonds is 5. The van der Waals surface area contributed by atoms with Gasteiger partial charge in [-0.3, -0.25) is 4.98 Å². The molecule has 180 valence electrons. The summed E-state index contributed by atoms with van der Waals surface area (Å²) < 4.78 is 73.3. The second-order valence-electron chi connectivity index (χ2n) is 7.36. The highest BCUT2D eigenvalue weighted by Crippen LogP contribution is 2.38. The third-order valence-corrected chi connectivity index (χ3v) is 7.37. The lowest BCUT2D eigenvalue weighted by Crippen LogP contribution is -2.40. The minimum absolute atomic E-state index is 0.0687. The Bertz CT molecular complexity index is 1380. The number of hydrogen-bond acceptors (Lipinski definition) is 6. The molecule has 0 aliphatic carbocycles. The number of aromatic carboxylic acids is 1. The summed E-state index contributed by atoms with van der Waals surface area (Å²) in [6, 6.07) is 6.49. The van der Waals surface area contributed by atoms with E-state index in [2.05, 4.69) is 10.3 Å². The molecule has 0 bridgehead atoms. The van der Waals surface area contributed by atoms with Crippen LogP contribution in [0.5, 0.6) is 0 Å². The largest absolute Gasteiger partial charge is 0.478 e. The topological polar surface area (TPSA) is 109 Å². The van der Waals surface area contributed by atoms with E-state index >= 15 is 0 Å². The summed E-state index contributed by atoms with van der Waals surface area (Å²) in [5, 5.41) is 12.6. The Balaban J connectivity index is 1.95. The number of ether oxygens (including phenoxy) is 1. The molecule has 1 aromatic heterocycles. The number of carbonyl (C=O) groups is 1. The average molecular weight is 516 g/mol. The highest BCUT2D eigenvalue weighted by atomic mass is 35.5. The molecule has 0 spiro atoms. The van der Waals surface area contributed by atoms with Crippen molar-refractivity contribution >= 4 is 49.9 Å². The molecule has 0 unspecified atom stereocenters. The van der Waals surface area contributed by atoms with Crippen molar-refractivity contribution in [2.45, 2.75) is 11.1 Å². The molecule has 2 N–H and O–H groups in total. The number of alkyl halides is 3. The Morgan fingerprint density at radius 2 is 1.85 bits per heavy atom. The van der Waals surface area contributed by atoms with Gasteiger partial charge in [-0.05, 0) is 36.4 Å². The number of benzene rings is 2. The monoisotopic (exact) mass is 515 g/mol. The fourth-order valence-corrected chi connectivity index (χ4v) is 5.23. The Labute approximate surface area is 197 Å². The van der Waals surface area contributed by atoms with Crippen molar-refractivity contribution in [1.82, 2.24) is 9.29 Å². The van der Waals surface area contributed by atoms with Crippen molar-refractivity contribution in [3.63, 3.8) is 0 Å². The van der Waals surface area contributed by atoms with Crippen LogP contribution in [0, 0.1) is 0 Å². The maximum atomic E-state index is 13.4. The average Bonchev–Trinajstić information content (AvgIpc) is 2.79. The van der Waals surface area contributed by atoms with E-state index in [0.29, 0.717) is 17.6 Å². The minimum Gasteiger partial charge on any atom is -0.478 e. The lowest BCUT2D eigenvalue weighted by Gasteiger charge is -2.27. The summed E-state index contributed by atoms with van der Waals surface area (Å²) >= 11 is 6.10. The number of carboxylic acids is 1. The molecule has 1 saturated heterocycles. The maximum Gasteiger partial charge on any atom is 0.416 e. The number of anilines is 2. The van der Waals surface area contributed by atoms with Crippen LogP contribution in [0.15, 0.2) is 47.5 Å². The number of nitrogens with one attached hydrogen (secondary N) is 1. The molecule has 0 amide bonds. The first kappa shape index (κ1) is 24.2. The zero-order valence-corrected chi connectivity index (χ0v) is 18.8. The maximum absolute atomic E-state index is 13.4. The van der Waals surface area contributed by atoms with E-state index in [4.69, 9.17) is 16.3 Å². The first-order valence-corrected chi connectivity index (χ1v) is 11.7. The fourth-order valence-electron chi connectivity index (χ4n) is 3.54. The van der Waals surface area contributed by atoms with Crippen molar-refractivity contribution in [2.75, 3.05) is 31.6 Å². The van der Waals surface area contributed by atoms with Gasteiger partial charge in [-0.1, -0.05) is 11.6 Å². The lowest BCUT2D eigenvalue weighted by atomic mass is 10.1. The summed E-state index contributed by atoms with van der Waals surface area (Å²) in [4.78, 5) is 15.6. The molecule has 1 aliphatic rings. The van der Waals surface area contributed by atoms with Gasteiger partial charge in [0.2, 0.25) is 10.0 Å². The van der Waals surface area contributed by atoms with E-state index in [1.165, 1.54) is 22.5 Å². The quantitative estimate of drug-likeness (QED) is 0.519. The summed E-state index contributed by atoms with van der Waals surface area (Å²) in [6.45, 7) is 0.482. The molecule has 0 saturated carbocycles. The van der Waals surface area contributed by atoms with Gasteiger partial charge in [-0.2, -0.15) is 17.5 Å². The van der Waals surface area contributed by atoms with Crippen molar-refractivity contribution < 1.29 is 36.2 Å². The van der Waals surface area contributed by atoms with Crippen LogP contribution in [0.25, 0.3) is 10.9 Å². The Hall–Kier alpha value is -2.93. The molecule has 34 heavy (non-hydrogen) atoms. The van der Waals surface area contributed by atoms with Gasteiger partial charge in [0.25, 0.3) is 0 Å². The van der Waals surface area contributed by atoms with Crippen LogP contribution in [-0.4, -0.2) is 55.1 Å². The summed E-state index contributed by atoms with van der Waals surface area (Å²) in [5.41, 5.74) is -1.85. The van der Waals surface area contributed by atoms with Crippen LogP contribution in [0.2, 0.25) is 5.02 Å². The van der Waals surface area contributed by atoms with E-state index in [1.54, 1.807) is 0 Å². The predicted molar refractivity (Wildman–Crippen MR) is 118 cm³/mol. The summed E-state index contributed by atoms with van der Waals surface area (Å²) in [5.74, 6) is -1.50. The standard InChI is InChI=1S/C21H17ClF3N3O5S/c22-13-2-4-16-15(10-13)19(18(11-26-16)34(31,32)28-5-7-33-8-6-28)27-17-9-12(21(23,24)25)1-3-14(17)20(29)30/h1-4,9-11H,5-8H2,(H,26,27)(H,29,30). The summed E-state index contributed by atoms with van der Waals surface area (Å²) in [7, 11) is -4.17. The van der Waals surface area contributed by atoms with Crippen LogP contribution in [0.3, 0.4) is 0 Å². The highest BCUT2D eigenvalue weighted by molar-refractivity contribution is 7.89. The van der Waals surface area contributed by atoms with Gasteiger partial charge in [0.15, 0.2) is 0 Å². The fraction of sp³-hybridized carbons (Fsp3) is 0.238. The number of sulfonamides is 1. The SMILES string of the molecule is O=C(O)c1ccc(C(F)(F)F)cc1Nc1c(S(=O)(=O)N2CCOCC2)cnc2ccc(Cl)cc12. The van der Waals surface area contributed by atoms with Crippen LogP contribution in [0.4, 0.5) is 24.5 Å². The van der Waals surface area contributed by atoms with E-state index in [1.807, 2.05) is 0 Å². The molecule has 0 radical (unpaired) electrons. The van der Waals surface area contributed by atoms with Gasteiger partial charge in [-0.15, -0.1) is 0 Å². The Morgan fingerprint density at radius 3 is 2.50 bits per heavy atom. The van der Waals surface area contributed by atoms with Gasteiger partial charge in [-0.25, -0.2) is 13.2 Å². The summed E-state index contributed by atoms with van der Waals surface area (Å²) in [6.07, 6.45) is -3.67. The number of hydrogen-bond donors (Lipinski definition) is 2. The molecule has 8 nitrogen and oxygen atoms in total. The molecule has 1 fully saturated rings. The number of nitrogens with zero attached hydrogens (tertiary/aromatic N) is 2. The predicted octanol–water partition coefficient (Wildman–Crippen LogP) is 4.37. The van der Waals surface area contributed by atoms with Crippen LogP contribution >= 0.6 is 11.6 Å². The third-order valence-electron chi connectivity index (χ3n) is 5.22. The van der Waals surface area contributed by atoms with Gasteiger partial charge in [0.1, 0.15) is 4.90 Å². The Morgan fingerprint density at radius 1 is 1.15 bits per heavy atom. The number of halogens is 4. The minimum atomic E-state index is -4.75. The third kappa shape index (κ3) is 4.67. The number of morpholine rings is 1. The molecular weight excluding hydrogens is 499 g/mol. The second-order valence-corrected chi connectivity index (χ2v) is 9.71. The number of aromatic nitrogens is 1. The molecule has 3 aromatic rings. The lowest BCUT2D eigenvalue weighted by molar-refractivity contribution is -0.137. The van der Waals surface area contributed by atoms with Gasteiger partial charge < -0.3 is 15.2 Å². The van der Waals surface area contributed by atoms with Crippen molar-refractivity contribution in [3.8, 4) is 0 Å². The zero-order valence-electron chi connectivity index (χ0n) is 17.3. The van der Waals surface area contributed by atoms with Gasteiger partial charge >= 0.3 is 12.1 Å². The van der Waals surface area contributed by atoms with Gasteiger partial charge in [0.05, 0.1) is 41.2 Å². The van der Waals surface area contributed by atoms with E-state index in [0.717, 1.165) is 12.3 Å². The molecule has 4 rings (SSSR count). The molecule has 13 heteroatoms. The highest BCUT2D eigenvalue weighted by Gasteiger charge is 2.33. The molecule has 2 aromatic carbocycles. The molecule has 1 aliphatic heterocycles. The molecular formula is C21H17ClF3N3O5S. The van der Waals surface area contributed by atoms with E-state index < -0.39 is 39.0 Å². The Kier molecular flexibility index (Phi) is 6.42. The molecule has 0 atom stereocenters. The van der Waals surface area contributed by atoms with Crippen molar-refractivity contribution in [2.24, 2.45) is 0 Å². The van der Waals surface area contributed by atoms with Crippen molar-refractivity contribution in [3.05, 3.63) is 58.7 Å². The van der Waals surface area contributed by atoms with Crippen LogP contribution in [-0.2, 0) is 20.9 Å². The smallest absolute Gasteiger partial charge is 0.416 e. The number of carboxylic acid groups (broad SMARTS) is 1. The van der Waals surface area contributed by atoms with Crippen LogP contribution in [0.1, 0.15) is 15.9 Å².